The van der Waals surface area contributed by atoms with Crippen molar-refractivity contribution in [1.82, 2.24) is 10.6 Å². The molecule has 1 aromatic rings. The van der Waals surface area contributed by atoms with Crippen LogP contribution < -0.4 is 20.1 Å². The summed E-state index contributed by atoms with van der Waals surface area (Å²) in [5.74, 6) is 1.46. The van der Waals surface area contributed by atoms with Crippen LogP contribution in [-0.2, 0) is 11.3 Å². The molecule has 0 atom stereocenters. The number of carbonyl (C=O) groups excluding carboxylic acids is 1. The van der Waals surface area contributed by atoms with Crippen molar-refractivity contribution in [2.45, 2.75) is 13.0 Å². The second-order valence-corrected chi connectivity index (χ2v) is 3.81. The molecule has 19 heavy (non-hydrogen) atoms. The lowest BCUT2D eigenvalue weighted by molar-refractivity contribution is -0.121. The van der Waals surface area contributed by atoms with Crippen LogP contribution in [0.4, 0.5) is 0 Å². The molecule has 0 heterocycles. The third-order valence-corrected chi connectivity index (χ3v) is 2.57. The lowest BCUT2D eigenvalue weighted by atomic mass is 10.2. The maximum absolute atomic E-state index is 11.5. The molecule has 1 aromatic carbocycles. The van der Waals surface area contributed by atoms with Crippen molar-refractivity contribution in [3.63, 3.8) is 0 Å². The third kappa shape index (κ3) is 5.81. The zero-order chi connectivity index (χ0) is 13.4. The minimum atomic E-state index is 0. The molecule has 0 aromatic heterocycles. The van der Waals surface area contributed by atoms with Crippen LogP contribution in [-0.4, -0.2) is 33.7 Å². The van der Waals surface area contributed by atoms with Crippen LogP contribution in [0, 0.1) is 0 Å². The van der Waals surface area contributed by atoms with E-state index in [-0.39, 0.29) is 18.3 Å². The highest BCUT2D eigenvalue weighted by atomic mass is 35.5. The second-order valence-electron chi connectivity index (χ2n) is 3.81. The van der Waals surface area contributed by atoms with E-state index in [2.05, 4.69) is 10.6 Å². The fourth-order valence-electron chi connectivity index (χ4n) is 1.52. The van der Waals surface area contributed by atoms with Gasteiger partial charge in [-0.2, -0.15) is 0 Å². The lowest BCUT2D eigenvalue weighted by Crippen LogP contribution is -2.26. The van der Waals surface area contributed by atoms with Crippen molar-refractivity contribution >= 4 is 18.3 Å². The van der Waals surface area contributed by atoms with Gasteiger partial charge in [-0.3, -0.25) is 4.79 Å². The number of ether oxygens (including phenoxy) is 2. The summed E-state index contributed by atoms with van der Waals surface area (Å²) in [5.41, 5.74) is 0.927. The number of nitrogens with one attached hydrogen (secondary N) is 2. The highest BCUT2D eigenvalue weighted by Crippen LogP contribution is 2.24. The van der Waals surface area contributed by atoms with Gasteiger partial charge in [0, 0.05) is 31.1 Å². The van der Waals surface area contributed by atoms with Crippen molar-refractivity contribution in [3.05, 3.63) is 23.8 Å². The first-order valence-corrected chi connectivity index (χ1v) is 5.83. The molecule has 0 fully saturated rings. The molecule has 0 saturated carbocycles. The van der Waals surface area contributed by atoms with Gasteiger partial charge < -0.3 is 20.1 Å². The average Bonchev–Trinajstić information content (AvgIpc) is 2.42. The highest BCUT2D eigenvalue weighted by Gasteiger charge is 2.06. The Bertz CT molecular complexity index is 399. The third-order valence-electron chi connectivity index (χ3n) is 2.57. The van der Waals surface area contributed by atoms with E-state index in [1.165, 1.54) is 0 Å². The Kier molecular flexibility index (Phi) is 8.74. The summed E-state index contributed by atoms with van der Waals surface area (Å²) in [6.07, 6.45) is 0.467. The van der Waals surface area contributed by atoms with Gasteiger partial charge >= 0.3 is 0 Å². The normalized spacial score (nSPS) is 9.42. The smallest absolute Gasteiger partial charge is 0.221 e. The van der Waals surface area contributed by atoms with Crippen LogP contribution >= 0.6 is 12.4 Å². The van der Waals surface area contributed by atoms with Gasteiger partial charge in [-0.1, -0.05) is 0 Å². The topological polar surface area (TPSA) is 59.6 Å². The van der Waals surface area contributed by atoms with E-state index in [0.29, 0.717) is 25.3 Å². The number of benzene rings is 1. The van der Waals surface area contributed by atoms with Gasteiger partial charge in [-0.15, -0.1) is 12.4 Å². The lowest BCUT2D eigenvalue weighted by Gasteiger charge is -2.11. The van der Waals surface area contributed by atoms with Crippen LogP contribution in [0.5, 0.6) is 11.5 Å². The fraction of sp³-hybridized carbons (Fsp3) is 0.462. The van der Waals surface area contributed by atoms with Crippen LogP contribution in [0.15, 0.2) is 18.2 Å². The Morgan fingerprint density at radius 2 is 2.00 bits per heavy atom. The molecule has 0 saturated heterocycles. The molecule has 0 spiro atoms. The average molecular weight is 289 g/mol. The number of hydrogen-bond donors (Lipinski definition) is 2. The van der Waals surface area contributed by atoms with Gasteiger partial charge in [0.25, 0.3) is 0 Å². The molecular weight excluding hydrogens is 268 g/mol. The summed E-state index contributed by atoms with van der Waals surface area (Å²) in [4.78, 5) is 11.5. The largest absolute Gasteiger partial charge is 0.497 e. The Morgan fingerprint density at radius 3 is 2.58 bits per heavy atom. The van der Waals surface area contributed by atoms with Crippen LogP contribution in [0.1, 0.15) is 12.0 Å². The van der Waals surface area contributed by atoms with Crippen molar-refractivity contribution < 1.29 is 14.3 Å². The highest BCUT2D eigenvalue weighted by molar-refractivity contribution is 5.85. The first-order valence-electron chi connectivity index (χ1n) is 5.83. The van der Waals surface area contributed by atoms with E-state index in [9.17, 15) is 4.79 Å². The predicted molar refractivity (Wildman–Crippen MR) is 77.2 cm³/mol. The second kappa shape index (κ2) is 9.47. The molecule has 0 radical (unpaired) electrons. The summed E-state index contributed by atoms with van der Waals surface area (Å²) in [5, 5.41) is 5.78. The van der Waals surface area contributed by atoms with Crippen molar-refractivity contribution in [1.29, 1.82) is 0 Å². The molecule has 0 unspecified atom stereocenters. The molecule has 0 aliphatic heterocycles. The molecule has 108 valence electrons. The van der Waals surface area contributed by atoms with Crippen LogP contribution in [0.25, 0.3) is 0 Å². The van der Waals surface area contributed by atoms with Crippen molar-refractivity contribution in [2.75, 3.05) is 27.8 Å². The SMILES string of the molecule is CNCCC(=O)NCc1ccc(OC)cc1OC.Cl. The summed E-state index contributed by atoms with van der Waals surface area (Å²) in [6, 6.07) is 5.53. The minimum absolute atomic E-state index is 0. The number of halogens is 1. The van der Waals surface area contributed by atoms with Gasteiger partial charge in [0.1, 0.15) is 11.5 Å². The predicted octanol–water partition coefficient (Wildman–Crippen LogP) is 1.35. The van der Waals surface area contributed by atoms with E-state index in [1.807, 2.05) is 19.2 Å². The van der Waals surface area contributed by atoms with Crippen molar-refractivity contribution in [3.8, 4) is 11.5 Å². The molecule has 0 aliphatic carbocycles. The Hall–Kier alpha value is -1.46. The minimum Gasteiger partial charge on any atom is -0.497 e. The maximum atomic E-state index is 11.5. The Labute approximate surface area is 120 Å². The van der Waals surface area contributed by atoms with Gasteiger partial charge in [0.05, 0.1) is 14.2 Å². The monoisotopic (exact) mass is 288 g/mol. The number of amides is 1. The first kappa shape index (κ1) is 17.5. The number of hydrogen-bond acceptors (Lipinski definition) is 4. The molecule has 1 rings (SSSR count). The Morgan fingerprint density at radius 1 is 1.26 bits per heavy atom. The van der Waals surface area contributed by atoms with Crippen LogP contribution in [0.2, 0.25) is 0 Å². The van der Waals surface area contributed by atoms with Gasteiger partial charge in [0.2, 0.25) is 5.91 Å². The molecule has 5 nitrogen and oxygen atoms in total. The summed E-state index contributed by atoms with van der Waals surface area (Å²) < 4.78 is 10.4. The van der Waals surface area contributed by atoms with E-state index in [0.717, 1.165) is 11.3 Å². The van der Waals surface area contributed by atoms with Crippen molar-refractivity contribution in [2.24, 2.45) is 0 Å². The summed E-state index contributed by atoms with van der Waals surface area (Å²) >= 11 is 0. The van der Waals surface area contributed by atoms with Gasteiger partial charge in [-0.05, 0) is 19.2 Å². The molecule has 0 aliphatic rings. The summed E-state index contributed by atoms with van der Waals surface area (Å²) in [7, 11) is 5.02. The van der Waals surface area contributed by atoms with E-state index in [1.54, 1.807) is 20.3 Å². The number of carbonyl (C=O) groups is 1. The van der Waals surface area contributed by atoms with E-state index in [4.69, 9.17) is 9.47 Å². The zero-order valence-corrected chi connectivity index (χ0v) is 12.3. The zero-order valence-electron chi connectivity index (χ0n) is 11.5. The quantitative estimate of drug-likeness (QED) is 0.795. The van der Waals surface area contributed by atoms with Crippen LogP contribution in [0.3, 0.4) is 0 Å². The number of rotatable bonds is 7. The van der Waals surface area contributed by atoms with E-state index >= 15 is 0 Å². The van der Waals surface area contributed by atoms with E-state index < -0.39 is 0 Å². The summed E-state index contributed by atoms with van der Waals surface area (Å²) in [6.45, 7) is 1.13. The molecule has 6 heteroatoms. The number of methoxy groups -OCH3 is 2. The first-order chi connectivity index (χ1) is 8.71. The maximum Gasteiger partial charge on any atom is 0.221 e. The molecular formula is C13H21ClN2O3. The fourth-order valence-corrected chi connectivity index (χ4v) is 1.52. The molecule has 0 bridgehead atoms. The van der Waals surface area contributed by atoms with Gasteiger partial charge in [-0.25, -0.2) is 0 Å². The Balaban J connectivity index is 0.00000324. The van der Waals surface area contributed by atoms with Gasteiger partial charge in [0.15, 0.2) is 0 Å². The molecule has 2 N–H and O–H groups in total. The molecule has 1 amide bonds. The standard InChI is InChI=1S/C13H20N2O3.ClH/c1-14-7-6-13(16)15-9-10-4-5-11(17-2)8-12(10)18-3;/h4-5,8,14H,6-7,9H2,1-3H3,(H,15,16);1H.